The predicted molar refractivity (Wildman–Crippen MR) is 87.7 cm³/mol. The highest BCUT2D eigenvalue weighted by molar-refractivity contribution is 8.00. The number of hydrogen-bond acceptors (Lipinski definition) is 4. The maximum absolute atomic E-state index is 12.5. The molecular formula is C15H23NO3S2. The van der Waals surface area contributed by atoms with Crippen LogP contribution in [0.2, 0.25) is 0 Å². The zero-order valence-corrected chi connectivity index (χ0v) is 14.2. The lowest BCUT2D eigenvalue weighted by molar-refractivity contribution is 0.282. The van der Waals surface area contributed by atoms with Crippen LogP contribution in [0.25, 0.3) is 0 Å². The molecule has 4 nitrogen and oxygen atoms in total. The van der Waals surface area contributed by atoms with Gasteiger partial charge in [-0.15, -0.1) is 0 Å². The normalized spacial score (nSPS) is 20.1. The van der Waals surface area contributed by atoms with Crippen LogP contribution in [0.15, 0.2) is 24.3 Å². The molecule has 6 heteroatoms. The molecule has 0 aromatic heterocycles. The van der Waals surface area contributed by atoms with E-state index in [1.54, 1.807) is 28.6 Å². The molecule has 0 atom stereocenters. The summed E-state index contributed by atoms with van der Waals surface area (Å²) < 4.78 is 26.8. The lowest BCUT2D eigenvalue weighted by atomic mass is 10.1. The van der Waals surface area contributed by atoms with E-state index >= 15 is 0 Å². The number of aliphatic hydroxyl groups excluding tert-OH is 1. The van der Waals surface area contributed by atoms with E-state index in [9.17, 15) is 8.42 Å². The smallest absolute Gasteiger partial charge is 0.218 e. The summed E-state index contributed by atoms with van der Waals surface area (Å²) in [5.74, 6) is 0.874. The fourth-order valence-corrected chi connectivity index (χ4v) is 5.07. The molecule has 0 spiro atoms. The summed E-state index contributed by atoms with van der Waals surface area (Å²) in [5, 5.41) is 9.02. The number of sulfonamides is 1. The molecule has 0 bridgehead atoms. The van der Waals surface area contributed by atoms with Crippen molar-refractivity contribution >= 4 is 21.8 Å². The van der Waals surface area contributed by atoms with Crippen LogP contribution in [0.4, 0.5) is 0 Å². The molecule has 1 aliphatic rings. The van der Waals surface area contributed by atoms with Crippen LogP contribution < -0.4 is 0 Å². The minimum atomic E-state index is -3.27. The Bertz CT molecular complexity index is 567. The molecule has 0 saturated carbocycles. The molecule has 1 aliphatic heterocycles. The molecule has 2 rings (SSSR count). The average Bonchev–Trinajstić information content (AvgIpc) is 2.60. The summed E-state index contributed by atoms with van der Waals surface area (Å²) in [6, 6.07) is 7.09. The third kappa shape index (κ3) is 4.71. The van der Waals surface area contributed by atoms with Crippen LogP contribution in [0, 0.1) is 0 Å². The van der Waals surface area contributed by atoms with Crippen molar-refractivity contribution in [1.29, 1.82) is 0 Å². The van der Waals surface area contributed by atoms with Gasteiger partial charge in [0.15, 0.2) is 0 Å². The molecule has 118 valence electrons. The highest BCUT2D eigenvalue weighted by Crippen LogP contribution is 2.31. The third-order valence-corrected chi connectivity index (χ3v) is 6.97. The SMILES string of the molecule is CC1(C)CCN(S(=O)(=O)Cc2ccc(CO)cc2)CCS1. The van der Waals surface area contributed by atoms with Crippen molar-refractivity contribution in [1.82, 2.24) is 4.31 Å². The Morgan fingerprint density at radius 3 is 2.43 bits per heavy atom. The van der Waals surface area contributed by atoms with Crippen LogP contribution in [0.3, 0.4) is 0 Å². The number of hydrogen-bond donors (Lipinski definition) is 1. The van der Waals surface area contributed by atoms with Crippen LogP contribution in [-0.2, 0) is 22.4 Å². The number of rotatable bonds is 4. The van der Waals surface area contributed by atoms with Gasteiger partial charge in [-0.1, -0.05) is 38.1 Å². The summed E-state index contributed by atoms with van der Waals surface area (Å²) in [6.07, 6.45) is 0.875. The fourth-order valence-electron chi connectivity index (χ4n) is 2.32. The number of benzene rings is 1. The Balaban J connectivity index is 2.06. The van der Waals surface area contributed by atoms with Gasteiger partial charge in [-0.05, 0) is 17.5 Å². The molecule has 1 heterocycles. The molecule has 1 fully saturated rings. The van der Waals surface area contributed by atoms with Gasteiger partial charge in [0, 0.05) is 23.6 Å². The molecule has 1 N–H and O–H groups in total. The number of aliphatic hydroxyl groups is 1. The van der Waals surface area contributed by atoms with Gasteiger partial charge in [0.05, 0.1) is 12.4 Å². The first-order valence-electron chi connectivity index (χ1n) is 7.13. The average molecular weight is 329 g/mol. The second-order valence-corrected chi connectivity index (χ2v) is 9.76. The third-order valence-electron chi connectivity index (χ3n) is 3.74. The number of nitrogens with zero attached hydrogens (tertiary/aromatic N) is 1. The van der Waals surface area contributed by atoms with Gasteiger partial charge in [0.25, 0.3) is 0 Å². The van der Waals surface area contributed by atoms with Gasteiger partial charge < -0.3 is 5.11 Å². The maximum Gasteiger partial charge on any atom is 0.218 e. The van der Waals surface area contributed by atoms with Crippen molar-refractivity contribution < 1.29 is 13.5 Å². The summed E-state index contributed by atoms with van der Waals surface area (Å²) >= 11 is 1.84. The second kappa shape index (κ2) is 6.69. The van der Waals surface area contributed by atoms with E-state index < -0.39 is 10.0 Å². The minimum Gasteiger partial charge on any atom is -0.392 e. The lowest BCUT2D eigenvalue weighted by Crippen LogP contribution is -2.34. The van der Waals surface area contributed by atoms with Crippen molar-refractivity contribution in [3.8, 4) is 0 Å². The quantitative estimate of drug-likeness (QED) is 0.920. The van der Waals surface area contributed by atoms with Crippen molar-refractivity contribution in [3.63, 3.8) is 0 Å². The summed E-state index contributed by atoms with van der Waals surface area (Å²) in [7, 11) is -3.27. The molecule has 1 saturated heterocycles. The van der Waals surface area contributed by atoms with Crippen molar-refractivity contribution in [2.24, 2.45) is 0 Å². The molecular weight excluding hydrogens is 306 g/mol. The summed E-state index contributed by atoms with van der Waals surface area (Å²) in [4.78, 5) is 0. The molecule has 21 heavy (non-hydrogen) atoms. The second-order valence-electron chi connectivity index (χ2n) is 5.99. The van der Waals surface area contributed by atoms with Crippen LogP contribution in [0.1, 0.15) is 31.4 Å². The Morgan fingerprint density at radius 2 is 1.81 bits per heavy atom. The Hall–Kier alpha value is -0.560. The largest absolute Gasteiger partial charge is 0.392 e. The van der Waals surface area contributed by atoms with E-state index in [4.69, 9.17) is 5.11 Å². The van der Waals surface area contributed by atoms with Crippen LogP contribution in [-0.4, -0.2) is 41.4 Å². The van der Waals surface area contributed by atoms with E-state index in [0.29, 0.717) is 13.1 Å². The fraction of sp³-hybridized carbons (Fsp3) is 0.600. The van der Waals surface area contributed by atoms with Gasteiger partial charge in [-0.2, -0.15) is 11.8 Å². The van der Waals surface area contributed by atoms with E-state index in [0.717, 1.165) is 23.3 Å². The van der Waals surface area contributed by atoms with E-state index in [1.165, 1.54) is 0 Å². The summed E-state index contributed by atoms with van der Waals surface area (Å²) in [5.41, 5.74) is 1.56. The monoisotopic (exact) mass is 329 g/mol. The van der Waals surface area contributed by atoms with Gasteiger partial charge >= 0.3 is 0 Å². The molecule has 0 unspecified atom stereocenters. The highest BCUT2D eigenvalue weighted by Gasteiger charge is 2.29. The van der Waals surface area contributed by atoms with E-state index in [2.05, 4.69) is 13.8 Å². The molecule has 0 amide bonds. The summed E-state index contributed by atoms with van der Waals surface area (Å²) in [6.45, 7) is 5.50. The lowest BCUT2D eigenvalue weighted by Gasteiger charge is -2.22. The molecule has 0 aliphatic carbocycles. The molecule has 0 radical (unpaired) electrons. The first-order chi connectivity index (χ1) is 9.82. The Kier molecular flexibility index (Phi) is 5.35. The standard InChI is InChI=1S/C15H23NO3S2/c1-15(2)7-8-16(9-10-20-15)21(18,19)12-14-5-3-13(11-17)4-6-14/h3-6,17H,7-12H2,1-2H3. The van der Waals surface area contributed by atoms with E-state index in [-0.39, 0.29) is 17.1 Å². The first kappa shape index (κ1) is 16.8. The first-order valence-corrected chi connectivity index (χ1v) is 9.72. The zero-order chi connectivity index (χ0) is 15.5. The predicted octanol–water partition coefficient (Wildman–Crippen LogP) is 2.23. The minimum absolute atomic E-state index is 0.0224. The van der Waals surface area contributed by atoms with Gasteiger partial charge in [-0.3, -0.25) is 0 Å². The molecule has 1 aromatic carbocycles. The Morgan fingerprint density at radius 1 is 1.19 bits per heavy atom. The van der Waals surface area contributed by atoms with Crippen LogP contribution >= 0.6 is 11.8 Å². The topological polar surface area (TPSA) is 57.6 Å². The maximum atomic E-state index is 12.5. The van der Waals surface area contributed by atoms with Crippen molar-refractivity contribution in [2.45, 2.75) is 37.4 Å². The van der Waals surface area contributed by atoms with Crippen molar-refractivity contribution in [3.05, 3.63) is 35.4 Å². The van der Waals surface area contributed by atoms with Gasteiger partial charge in [-0.25, -0.2) is 12.7 Å². The number of thioether (sulfide) groups is 1. The van der Waals surface area contributed by atoms with Crippen molar-refractivity contribution in [2.75, 3.05) is 18.8 Å². The molecule has 1 aromatic rings. The van der Waals surface area contributed by atoms with Gasteiger partial charge in [0.1, 0.15) is 0 Å². The van der Waals surface area contributed by atoms with Crippen LogP contribution in [0.5, 0.6) is 0 Å². The highest BCUT2D eigenvalue weighted by atomic mass is 32.2. The van der Waals surface area contributed by atoms with Gasteiger partial charge in [0.2, 0.25) is 10.0 Å². The Labute approximate surface area is 131 Å². The zero-order valence-electron chi connectivity index (χ0n) is 12.6. The van der Waals surface area contributed by atoms with E-state index in [1.807, 2.05) is 11.8 Å².